The van der Waals surface area contributed by atoms with Gasteiger partial charge in [0.2, 0.25) is 5.95 Å². The van der Waals surface area contributed by atoms with E-state index in [-0.39, 0.29) is 12.6 Å². The highest BCUT2D eigenvalue weighted by Gasteiger charge is 2.27. The van der Waals surface area contributed by atoms with Gasteiger partial charge in [-0.05, 0) is 62.1 Å². The van der Waals surface area contributed by atoms with Gasteiger partial charge in [-0.15, -0.1) is 0 Å². The van der Waals surface area contributed by atoms with E-state index >= 15 is 0 Å². The van der Waals surface area contributed by atoms with E-state index in [1.54, 1.807) is 25.6 Å². The lowest BCUT2D eigenvalue weighted by molar-refractivity contribution is 0.266. The summed E-state index contributed by atoms with van der Waals surface area (Å²) in [5.41, 5.74) is 4.36. The Hall–Kier alpha value is -4.16. The molecule has 0 amide bonds. The van der Waals surface area contributed by atoms with E-state index in [1.165, 1.54) is 0 Å². The predicted octanol–water partition coefficient (Wildman–Crippen LogP) is 4.02. The summed E-state index contributed by atoms with van der Waals surface area (Å²) in [6.07, 6.45) is 5.49. The molecule has 1 aliphatic heterocycles. The molecule has 1 aliphatic rings. The Kier molecular flexibility index (Phi) is 5.97. The van der Waals surface area contributed by atoms with Gasteiger partial charge in [0.15, 0.2) is 5.82 Å². The number of nitrogens with zero attached hydrogens (tertiary/aromatic N) is 6. The summed E-state index contributed by atoms with van der Waals surface area (Å²) in [4.78, 5) is 16.1. The van der Waals surface area contributed by atoms with Crippen LogP contribution < -0.4 is 15.0 Å². The quantitative estimate of drug-likeness (QED) is 0.436. The van der Waals surface area contributed by atoms with Gasteiger partial charge in [-0.2, -0.15) is 10.2 Å². The number of rotatable bonds is 6. The molecule has 9 heteroatoms. The van der Waals surface area contributed by atoms with Crippen LogP contribution >= 0.6 is 0 Å². The van der Waals surface area contributed by atoms with Gasteiger partial charge in [-0.1, -0.05) is 0 Å². The number of benzene rings is 2. The summed E-state index contributed by atoms with van der Waals surface area (Å²) < 4.78 is 7.43. The highest BCUT2D eigenvalue weighted by Crippen LogP contribution is 2.32. The molecule has 4 aromatic rings. The van der Waals surface area contributed by atoms with E-state index in [1.807, 2.05) is 29.8 Å². The summed E-state index contributed by atoms with van der Waals surface area (Å²) in [5.74, 6) is 2.54. The second-order valence-corrected chi connectivity index (χ2v) is 8.77. The monoisotopic (exact) mass is 469 g/mol. The van der Waals surface area contributed by atoms with Crippen LogP contribution in [0.1, 0.15) is 29.5 Å². The zero-order valence-electron chi connectivity index (χ0n) is 20.0. The summed E-state index contributed by atoms with van der Waals surface area (Å²) in [7, 11) is 1.67. The maximum atomic E-state index is 9.88. The second-order valence-electron chi connectivity index (χ2n) is 8.77. The van der Waals surface area contributed by atoms with Crippen molar-refractivity contribution in [1.82, 2.24) is 19.5 Å². The summed E-state index contributed by atoms with van der Waals surface area (Å²) in [5, 5.41) is 23.3. The van der Waals surface area contributed by atoms with Crippen molar-refractivity contribution in [2.75, 3.05) is 30.5 Å². The highest BCUT2D eigenvalue weighted by atomic mass is 16.5. The molecule has 1 fully saturated rings. The third kappa shape index (κ3) is 4.24. The number of aryl methyl sites for hydroxylation is 1. The van der Waals surface area contributed by atoms with Gasteiger partial charge in [-0.3, -0.25) is 0 Å². The first kappa shape index (κ1) is 22.6. The zero-order valence-corrected chi connectivity index (χ0v) is 20.0. The van der Waals surface area contributed by atoms with Crippen LogP contribution in [-0.4, -0.2) is 50.9 Å². The summed E-state index contributed by atoms with van der Waals surface area (Å²) in [6, 6.07) is 11.7. The van der Waals surface area contributed by atoms with E-state index < -0.39 is 0 Å². The van der Waals surface area contributed by atoms with Gasteiger partial charge in [0.25, 0.3) is 0 Å². The van der Waals surface area contributed by atoms with Crippen molar-refractivity contribution in [3.63, 3.8) is 0 Å². The van der Waals surface area contributed by atoms with E-state index in [9.17, 15) is 10.4 Å². The Morgan fingerprint density at radius 2 is 2.09 bits per heavy atom. The van der Waals surface area contributed by atoms with E-state index in [4.69, 9.17) is 9.72 Å². The van der Waals surface area contributed by atoms with Crippen LogP contribution in [0.15, 0.2) is 42.9 Å². The molecule has 35 heavy (non-hydrogen) atoms. The molecule has 1 saturated heterocycles. The molecular formula is C26H27N7O2. The van der Waals surface area contributed by atoms with Crippen LogP contribution in [0.2, 0.25) is 0 Å². The van der Waals surface area contributed by atoms with Crippen LogP contribution in [0.5, 0.6) is 5.75 Å². The van der Waals surface area contributed by atoms with Crippen molar-refractivity contribution >= 4 is 28.5 Å². The second kappa shape index (κ2) is 9.24. The van der Waals surface area contributed by atoms with Crippen molar-refractivity contribution in [2.24, 2.45) is 0 Å². The number of hydrogen-bond donors (Lipinski definition) is 2. The van der Waals surface area contributed by atoms with Crippen LogP contribution in [0, 0.1) is 25.2 Å². The Bertz CT molecular complexity index is 1440. The number of ether oxygens (including phenoxy) is 1. The number of aliphatic hydroxyl groups is 1. The molecule has 0 radical (unpaired) electrons. The number of nitrogens with one attached hydrogen (secondary N) is 1. The van der Waals surface area contributed by atoms with Crippen LogP contribution in [-0.2, 0) is 0 Å². The molecule has 5 rings (SSSR count). The number of hydrogen-bond acceptors (Lipinski definition) is 8. The van der Waals surface area contributed by atoms with Gasteiger partial charge in [0.1, 0.15) is 17.9 Å². The Morgan fingerprint density at radius 1 is 1.23 bits per heavy atom. The van der Waals surface area contributed by atoms with Crippen LogP contribution in [0.25, 0.3) is 16.6 Å². The number of fused-ring (bicyclic) bond motifs is 1. The van der Waals surface area contributed by atoms with Crippen molar-refractivity contribution < 1.29 is 9.84 Å². The van der Waals surface area contributed by atoms with E-state index in [2.05, 4.69) is 39.2 Å². The fourth-order valence-electron chi connectivity index (χ4n) is 4.57. The average Bonchev–Trinajstić information content (AvgIpc) is 3.54. The molecule has 1 atom stereocenters. The zero-order chi connectivity index (χ0) is 24.5. The van der Waals surface area contributed by atoms with Gasteiger partial charge >= 0.3 is 0 Å². The predicted molar refractivity (Wildman–Crippen MR) is 135 cm³/mol. The first-order chi connectivity index (χ1) is 17.0. The molecule has 0 unspecified atom stereocenters. The standard InChI is InChI=1S/C26H27N7O2/c1-16-9-20(11-23(35-3)17(16)2)32-13-24(28-15-32)30-26-29-22-10-18(12-27)6-7-21(22)25(31-26)33-8-4-5-19(33)14-34/h6-7,9-11,13,15,19,34H,4-5,8,14H2,1-3H3,(H,29,30,31)/t19-/m0/s1. The molecule has 2 aromatic heterocycles. The van der Waals surface area contributed by atoms with E-state index in [0.717, 1.165) is 53.2 Å². The fourth-order valence-corrected chi connectivity index (χ4v) is 4.57. The minimum Gasteiger partial charge on any atom is -0.496 e. The number of anilines is 3. The Labute approximate surface area is 203 Å². The fraction of sp³-hybridized carbons (Fsp3) is 0.308. The Balaban J connectivity index is 1.52. The average molecular weight is 470 g/mol. The number of imidazole rings is 1. The number of aromatic nitrogens is 4. The third-order valence-electron chi connectivity index (χ3n) is 6.61. The molecule has 2 N–H and O–H groups in total. The lowest BCUT2D eigenvalue weighted by Crippen LogP contribution is -2.33. The topological polar surface area (TPSA) is 112 Å². The lowest BCUT2D eigenvalue weighted by atomic mass is 10.1. The molecular weight excluding hydrogens is 442 g/mol. The lowest BCUT2D eigenvalue weighted by Gasteiger charge is -2.25. The van der Waals surface area contributed by atoms with Crippen molar-refractivity contribution in [3.05, 3.63) is 59.5 Å². The first-order valence-corrected chi connectivity index (χ1v) is 11.6. The van der Waals surface area contributed by atoms with Crippen molar-refractivity contribution in [2.45, 2.75) is 32.7 Å². The first-order valence-electron chi connectivity index (χ1n) is 11.6. The molecule has 2 aromatic carbocycles. The number of methoxy groups -OCH3 is 1. The van der Waals surface area contributed by atoms with Crippen LogP contribution in [0.4, 0.5) is 17.6 Å². The smallest absolute Gasteiger partial charge is 0.230 e. The molecule has 0 aliphatic carbocycles. The molecule has 178 valence electrons. The molecule has 3 heterocycles. The van der Waals surface area contributed by atoms with Gasteiger partial charge in [0.05, 0.1) is 48.8 Å². The largest absolute Gasteiger partial charge is 0.496 e. The van der Waals surface area contributed by atoms with Gasteiger partial charge in [0, 0.05) is 18.0 Å². The molecule has 0 spiro atoms. The highest BCUT2D eigenvalue weighted by molar-refractivity contribution is 5.92. The minimum atomic E-state index is 0.00978. The van der Waals surface area contributed by atoms with Crippen LogP contribution in [0.3, 0.4) is 0 Å². The maximum absolute atomic E-state index is 9.88. The molecule has 0 saturated carbocycles. The molecule has 0 bridgehead atoms. The normalized spacial score (nSPS) is 15.4. The number of aliphatic hydroxyl groups excluding tert-OH is 1. The maximum Gasteiger partial charge on any atom is 0.230 e. The number of nitriles is 1. The van der Waals surface area contributed by atoms with Crippen molar-refractivity contribution in [3.8, 4) is 17.5 Å². The molecule has 9 nitrogen and oxygen atoms in total. The summed E-state index contributed by atoms with van der Waals surface area (Å²) >= 11 is 0. The Morgan fingerprint density at radius 3 is 2.86 bits per heavy atom. The summed E-state index contributed by atoms with van der Waals surface area (Å²) in [6.45, 7) is 4.96. The minimum absolute atomic E-state index is 0.00978. The SMILES string of the molecule is COc1cc(-n2cnc(Nc3nc(N4CCC[C@H]4CO)c4ccc(C#N)cc4n3)c2)cc(C)c1C. The van der Waals surface area contributed by atoms with Gasteiger partial charge < -0.3 is 24.6 Å². The van der Waals surface area contributed by atoms with Crippen molar-refractivity contribution in [1.29, 1.82) is 5.26 Å². The third-order valence-corrected chi connectivity index (χ3v) is 6.61. The van der Waals surface area contributed by atoms with E-state index in [0.29, 0.717) is 22.8 Å². The van der Waals surface area contributed by atoms with Gasteiger partial charge in [-0.25, -0.2) is 9.97 Å².